The van der Waals surface area contributed by atoms with Crippen LogP contribution in [0.15, 0.2) is 176 Å². The molecule has 262 valence electrons. The second kappa shape index (κ2) is 14.0. The van der Waals surface area contributed by atoms with Crippen LogP contribution >= 0.6 is 0 Å². The van der Waals surface area contributed by atoms with Gasteiger partial charge in [-0.25, -0.2) is 4.98 Å². The van der Waals surface area contributed by atoms with Crippen LogP contribution in [0.5, 0.6) is 11.5 Å². The zero-order chi connectivity index (χ0) is 36.6. The zero-order valence-electron chi connectivity index (χ0n) is 30.6. The number of ether oxygens (including phenoxy) is 1. The van der Waals surface area contributed by atoms with Gasteiger partial charge in [0.2, 0.25) is 0 Å². The summed E-state index contributed by atoms with van der Waals surface area (Å²) in [5.74, 6) is 3.35. The second-order valence-corrected chi connectivity index (χ2v) is 14.2. The van der Waals surface area contributed by atoms with E-state index in [1.165, 1.54) is 10.9 Å². The molecule has 9 aromatic rings. The SMILES string of the molecule is CC(C)C(C)c1ccnc(-n2c3ccccc3c3ccc(Oc4cccc(-n5[c-][n+](-c6c(-c7ccccc7)cccc6-c6ccccc6)cc5)c4)cc32)c1. The Kier molecular flexibility index (Phi) is 8.60. The monoisotopic (exact) mass is 700 g/mol. The van der Waals surface area contributed by atoms with Gasteiger partial charge in [0.15, 0.2) is 0 Å². The van der Waals surface area contributed by atoms with Crippen molar-refractivity contribution in [2.24, 2.45) is 5.92 Å². The molecule has 0 aliphatic rings. The van der Waals surface area contributed by atoms with E-state index in [2.05, 4.69) is 188 Å². The van der Waals surface area contributed by atoms with Gasteiger partial charge in [-0.05, 0) is 88.2 Å². The van der Waals surface area contributed by atoms with E-state index in [0.717, 1.165) is 67.4 Å². The molecular formula is C49H40N4O. The van der Waals surface area contributed by atoms with Crippen LogP contribution in [-0.2, 0) is 0 Å². The Morgan fingerprint density at radius 2 is 1.28 bits per heavy atom. The lowest BCUT2D eigenvalue weighted by atomic mass is 9.91. The minimum absolute atomic E-state index is 0.419. The molecule has 5 heteroatoms. The topological polar surface area (TPSA) is 35.9 Å². The van der Waals surface area contributed by atoms with Gasteiger partial charge >= 0.3 is 0 Å². The highest BCUT2D eigenvalue weighted by Gasteiger charge is 2.18. The van der Waals surface area contributed by atoms with Gasteiger partial charge in [-0.1, -0.05) is 124 Å². The van der Waals surface area contributed by atoms with Crippen molar-refractivity contribution in [1.82, 2.24) is 14.1 Å². The Labute approximate surface area is 316 Å². The first-order valence-corrected chi connectivity index (χ1v) is 18.6. The molecule has 0 saturated heterocycles. The first kappa shape index (κ1) is 33.1. The second-order valence-electron chi connectivity index (χ2n) is 14.2. The summed E-state index contributed by atoms with van der Waals surface area (Å²) in [5.41, 5.74) is 10.1. The summed E-state index contributed by atoms with van der Waals surface area (Å²) in [6.07, 6.45) is 9.65. The fourth-order valence-corrected chi connectivity index (χ4v) is 7.41. The van der Waals surface area contributed by atoms with Gasteiger partial charge in [0, 0.05) is 35.4 Å². The Hall–Kier alpha value is -6.72. The summed E-state index contributed by atoms with van der Waals surface area (Å²) in [6, 6.07) is 54.9. The van der Waals surface area contributed by atoms with Crippen LogP contribution < -0.4 is 9.30 Å². The molecule has 54 heavy (non-hydrogen) atoms. The van der Waals surface area contributed by atoms with E-state index in [9.17, 15) is 0 Å². The summed E-state index contributed by atoms with van der Waals surface area (Å²) in [5, 5.41) is 2.35. The Balaban J connectivity index is 1.08. The molecule has 5 nitrogen and oxygen atoms in total. The molecule has 0 aliphatic carbocycles. The third kappa shape index (κ3) is 6.14. The van der Waals surface area contributed by atoms with E-state index in [4.69, 9.17) is 9.72 Å². The minimum atomic E-state index is 0.419. The highest BCUT2D eigenvalue weighted by molar-refractivity contribution is 6.09. The minimum Gasteiger partial charge on any atom is -0.458 e. The van der Waals surface area contributed by atoms with Gasteiger partial charge < -0.3 is 4.74 Å². The highest BCUT2D eigenvalue weighted by Crippen LogP contribution is 2.37. The number of pyridine rings is 1. The summed E-state index contributed by atoms with van der Waals surface area (Å²) in [7, 11) is 0. The van der Waals surface area contributed by atoms with Crippen LogP contribution in [-0.4, -0.2) is 14.1 Å². The molecule has 0 spiro atoms. The van der Waals surface area contributed by atoms with Crippen molar-refractivity contribution in [1.29, 1.82) is 0 Å². The number of aromatic nitrogens is 4. The maximum absolute atomic E-state index is 6.61. The van der Waals surface area contributed by atoms with Crippen molar-refractivity contribution in [3.63, 3.8) is 0 Å². The maximum Gasteiger partial charge on any atom is 0.268 e. The molecule has 3 aromatic heterocycles. The number of imidazole rings is 1. The maximum atomic E-state index is 6.61. The van der Waals surface area contributed by atoms with Crippen molar-refractivity contribution < 1.29 is 9.30 Å². The van der Waals surface area contributed by atoms with Gasteiger partial charge in [0.25, 0.3) is 6.33 Å². The van der Waals surface area contributed by atoms with Crippen molar-refractivity contribution in [3.05, 3.63) is 188 Å². The summed E-state index contributed by atoms with van der Waals surface area (Å²) < 4.78 is 13.0. The van der Waals surface area contributed by atoms with Gasteiger partial charge in [0.1, 0.15) is 17.3 Å². The van der Waals surface area contributed by atoms with Gasteiger partial charge in [-0.15, -0.1) is 0 Å². The summed E-state index contributed by atoms with van der Waals surface area (Å²) in [4.78, 5) is 4.87. The molecule has 6 aromatic carbocycles. The predicted molar refractivity (Wildman–Crippen MR) is 219 cm³/mol. The zero-order valence-corrected chi connectivity index (χ0v) is 30.6. The average molecular weight is 701 g/mol. The highest BCUT2D eigenvalue weighted by atomic mass is 16.5. The Morgan fingerprint density at radius 3 is 2.02 bits per heavy atom. The standard InChI is InChI=1S/C49H40N4O/c1-34(2)35(3)38-26-27-50-48(30-38)53-46-23-11-10-20-44(46)45-25-24-41(32-47(45)53)54-40-19-12-18-39(31-40)51-28-29-52(33-51)49-42(36-14-6-4-7-15-36)21-13-22-43(49)37-16-8-5-9-17-37/h4-32,34-35H,1-3H3. The Bertz CT molecular complexity index is 2690. The summed E-state index contributed by atoms with van der Waals surface area (Å²) >= 11 is 0. The molecule has 0 bridgehead atoms. The fourth-order valence-electron chi connectivity index (χ4n) is 7.41. The van der Waals surface area contributed by atoms with Crippen LogP contribution in [0.2, 0.25) is 0 Å². The molecule has 3 heterocycles. The lowest BCUT2D eigenvalue weighted by Crippen LogP contribution is -2.30. The normalized spacial score (nSPS) is 12.1. The smallest absolute Gasteiger partial charge is 0.268 e. The molecule has 0 fully saturated rings. The van der Waals surface area contributed by atoms with E-state index in [0.29, 0.717) is 11.8 Å². The fraction of sp³-hybridized carbons (Fsp3) is 0.102. The predicted octanol–water partition coefficient (Wildman–Crippen LogP) is 11.9. The van der Waals surface area contributed by atoms with Crippen LogP contribution in [0.3, 0.4) is 0 Å². The van der Waals surface area contributed by atoms with E-state index in [-0.39, 0.29) is 0 Å². The van der Waals surface area contributed by atoms with Gasteiger partial charge in [-0.3, -0.25) is 13.7 Å². The number of hydrogen-bond donors (Lipinski definition) is 0. The van der Waals surface area contributed by atoms with Crippen molar-refractivity contribution >= 4 is 21.8 Å². The Morgan fingerprint density at radius 1 is 0.611 bits per heavy atom. The molecule has 1 atom stereocenters. The molecule has 9 rings (SSSR count). The lowest BCUT2D eigenvalue weighted by Gasteiger charge is -2.17. The molecule has 1 unspecified atom stereocenters. The van der Waals surface area contributed by atoms with Gasteiger partial charge in [-0.2, -0.15) is 0 Å². The van der Waals surface area contributed by atoms with Crippen LogP contribution in [0.1, 0.15) is 32.3 Å². The number of benzene rings is 6. The summed E-state index contributed by atoms with van der Waals surface area (Å²) in [6.45, 7) is 6.82. The quantitative estimate of drug-likeness (QED) is 0.111. The van der Waals surface area contributed by atoms with Crippen molar-refractivity contribution in [3.8, 4) is 50.9 Å². The number of hydrogen-bond acceptors (Lipinski definition) is 2. The van der Waals surface area contributed by atoms with Crippen LogP contribution in [0.25, 0.3) is 61.3 Å². The van der Waals surface area contributed by atoms with E-state index < -0.39 is 0 Å². The first-order valence-electron chi connectivity index (χ1n) is 18.6. The van der Waals surface area contributed by atoms with Crippen LogP contribution in [0.4, 0.5) is 0 Å². The first-order chi connectivity index (χ1) is 26.5. The van der Waals surface area contributed by atoms with E-state index >= 15 is 0 Å². The molecular weight excluding hydrogens is 661 g/mol. The van der Waals surface area contributed by atoms with Gasteiger partial charge in [0.05, 0.1) is 22.4 Å². The third-order valence-electron chi connectivity index (χ3n) is 10.5. The number of rotatable bonds is 9. The number of fused-ring (bicyclic) bond motifs is 3. The number of nitrogens with zero attached hydrogens (tertiary/aromatic N) is 4. The average Bonchev–Trinajstić information content (AvgIpc) is 3.84. The van der Waals surface area contributed by atoms with E-state index in [1.54, 1.807) is 0 Å². The molecule has 0 N–H and O–H groups in total. The van der Waals surface area contributed by atoms with Crippen LogP contribution in [0, 0.1) is 12.2 Å². The van der Waals surface area contributed by atoms with Crippen molar-refractivity contribution in [2.75, 3.05) is 0 Å². The number of para-hydroxylation sites is 2. The molecule has 0 aliphatic heterocycles. The lowest BCUT2D eigenvalue weighted by molar-refractivity contribution is -0.598. The van der Waals surface area contributed by atoms with E-state index in [1.807, 2.05) is 29.1 Å². The molecule has 0 saturated carbocycles. The molecule has 0 amide bonds. The molecule has 0 radical (unpaired) electrons. The van der Waals surface area contributed by atoms with Crippen molar-refractivity contribution in [2.45, 2.75) is 26.7 Å². The third-order valence-corrected chi connectivity index (χ3v) is 10.5. The largest absolute Gasteiger partial charge is 0.458 e.